The van der Waals surface area contributed by atoms with Crippen molar-refractivity contribution in [3.63, 3.8) is 0 Å². The fourth-order valence-corrected chi connectivity index (χ4v) is 4.04. The fourth-order valence-electron chi connectivity index (χ4n) is 2.10. The molecule has 0 saturated carbocycles. The normalized spacial score (nSPS) is 11.1. The molecule has 0 heterocycles. The van der Waals surface area contributed by atoms with E-state index in [9.17, 15) is 13.2 Å². The van der Waals surface area contributed by atoms with Crippen molar-refractivity contribution >= 4 is 44.8 Å². The topological polar surface area (TPSA) is 66.5 Å². The van der Waals surface area contributed by atoms with Crippen LogP contribution < -0.4 is 9.62 Å². The van der Waals surface area contributed by atoms with Gasteiger partial charge in [0, 0.05) is 16.6 Å². The number of nitrogens with zero attached hydrogens (tertiary/aromatic N) is 1. The van der Waals surface area contributed by atoms with Crippen LogP contribution in [0.5, 0.6) is 0 Å². The Labute approximate surface area is 151 Å². The monoisotopic (exact) mass is 386 g/mol. The molecule has 0 radical (unpaired) electrons. The lowest BCUT2D eigenvalue weighted by Crippen LogP contribution is -2.40. The Balaban J connectivity index is 2.52. The highest BCUT2D eigenvalue weighted by Gasteiger charge is 2.27. The van der Waals surface area contributed by atoms with Crippen LogP contribution >= 0.6 is 23.2 Å². The Kier molecular flexibility index (Phi) is 6.10. The lowest BCUT2D eigenvalue weighted by Gasteiger charge is -2.24. The van der Waals surface area contributed by atoms with Crippen molar-refractivity contribution in [3.8, 4) is 0 Å². The van der Waals surface area contributed by atoms with Crippen molar-refractivity contribution < 1.29 is 13.2 Å². The van der Waals surface area contributed by atoms with Gasteiger partial charge in [0.1, 0.15) is 6.54 Å². The Morgan fingerprint density at radius 3 is 2.21 bits per heavy atom. The molecule has 24 heavy (non-hydrogen) atoms. The van der Waals surface area contributed by atoms with E-state index in [1.165, 1.54) is 30.3 Å². The summed E-state index contributed by atoms with van der Waals surface area (Å²) >= 11 is 12.0. The maximum atomic E-state index is 13.0. The molecule has 0 aromatic heterocycles. The predicted molar refractivity (Wildman–Crippen MR) is 96.1 cm³/mol. The number of anilines is 1. The number of nitrogens with one attached hydrogen (secondary N) is 1. The quantitative estimate of drug-likeness (QED) is 0.827. The summed E-state index contributed by atoms with van der Waals surface area (Å²) in [6.07, 6.45) is 0. The molecule has 0 aliphatic heterocycles. The van der Waals surface area contributed by atoms with E-state index in [1.807, 2.05) is 0 Å². The van der Waals surface area contributed by atoms with E-state index in [2.05, 4.69) is 5.32 Å². The molecule has 5 nitrogen and oxygen atoms in total. The van der Waals surface area contributed by atoms with Crippen LogP contribution in [0.4, 0.5) is 5.69 Å². The number of likely N-dealkylation sites (N-methyl/N-ethyl adjacent to an activating group) is 1. The van der Waals surface area contributed by atoms with Gasteiger partial charge in [0.25, 0.3) is 10.0 Å². The van der Waals surface area contributed by atoms with Gasteiger partial charge in [-0.15, -0.1) is 0 Å². The van der Waals surface area contributed by atoms with Gasteiger partial charge in [-0.05, 0) is 37.3 Å². The van der Waals surface area contributed by atoms with Crippen LogP contribution in [-0.4, -0.2) is 27.4 Å². The fraction of sp³-hybridized carbons (Fsp3) is 0.188. The van der Waals surface area contributed by atoms with Gasteiger partial charge in [-0.25, -0.2) is 8.42 Å². The lowest BCUT2D eigenvalue weighted by molar-refractivity contribution is -0.119. The van der Waals surface area contributed by atoms with E-state index in [4.69, 9.17) is 23.2 Å². The van der Waals surface area contributed by atoms with Gasteiger partial charge < -0.3 is 5.32 Å². The summed E-state index contributed by atoms with van der Waals surface area (Å²) in [5, 5.41) is 3.15. The van der Waals surface area contributed by atoms with Crippen LogP contribution in [0, 0.1) is 0 Å². The number of hydrogen-bond acceptors (Lipinski definition) is 3. The van der Waals surface area contributed by atoms with Crippen molar-refractivity contribution in [2.24, 2.45) is 0 Å². The second-order valence-electron chi connectivity index (χ2n) is 4.91. The first-order valence-electron chi connectivity index (χ1n) is 7.15. The van der Waals surface area contributed by atoms with Gasteiger partial charge in [-0.3, -0.25) is 9.10 Å². The second-order valence-corrected chi connectivity index (χ2v) is 7.64. The first-order chi connectivity index (χ1) is 11.3. The molecule has 2 aromatic carbocycles. The molecule has 0 unspecified atom stereocenters. The van der Waals surface area contributed by atoms with Crippen molar-refractivity contribution in [2.45, 2.75) is 11.8 Å². The van der Waals surface area contributed by atoms with Crippen LogP contribution in [0.2, 0.25) is 10.0 Å². The highest BCUT2D eigenvalue weighted by molar-refractivity contribution is 7.92. The summed E-state index contributed by atoms with van der Waals surface area (Å²) in [4.78, 5) is 12.1. The van der Waals surface area contributed by atoms with Gasteiger partial charge in [0.15, 0.2) is 0 Å². The molecule has 0 fully saturated rings. The molecule has 0 aliphatic rings. The van der Waals surface area contributed by atoms with Crippen molar-refractivity contribution in [3.05, 3.63) is 58.6 Å². The zero-order valence-corrected chi connectivity index (χ0v) is 15.2. The Bertz CT molecular complexity index is 806. The number of sulfonamides is 1. The molecule has 2 rings (SSSR count). The lowest BCUT2D eigenvalue weighted by atomic mass is 10.3. The third-order valence-electron chi connectivity index (χ3n) is 3.13. The number of carbonyl (C=O) groups excluding carboxylic acids is 1. The van der Waals surface area contributed by atoms with Crippen LogP contribution in [0.25, 0.3) is 0 Å². The summed E-state index contributed by atoms with van der Waals surface area (Å²) in [5.41, 5.74) is 0.225. The third-order valence-corrected chi connectivity index (χ3v) is 5.35. The summed E-state index contributed by atoms with van der Waals surface area (Å²) in [7, 11) is -3.95. The molecular formula is C16H16Cl2N2O3S. The maximum absolute atomic E-state index is 13.0. The molecule has 0 atom stereocenters. The number of rotatable bonds is 6. The Hall–Kier alpha value is -1.76. The van der Waals surface area contributed by atoms with E-state index in [-0.39, 0.29) is 27.2 Å². The summed E-state index contributed by atoms with van der Waals surface area (Å²) in [6, 6.07) is 12.3. The molecule has 0 saturated heterocycles. The Morgan fingerprint density at radius 1 is 1.08 bits per heavy atom. The standard InChI is InChI=1S/C16H16Cl2N2O3S/c1-2-19-16(21)11-20(14-9-12(17)8-13(18)10-14)24(22,23)15-6-4-3-5-7-15/h3-10H,2,11H2,1H3,(H,19,21). The average Bonchev–Trinajstić information content (AvgIpc) is 2.52. The third kappa shape index (κ3) is 4.41. The zero-order chi connectivity index (χ0) is 17.7. The number of carbonyl (C=O) groups is 1. The number of hydrogen-bond donors (Lipinski definition) is 1. The summed E-state index contributed by atoms with van der Waals surface area (Å²) in [6.45, 7) is 1.78. The van der Waals surface area contributed by atoms with Crippen molar-refractivity contribution in [1.29, 1.82) is 0 Å². The van der Waals surface area contributed by atoms with E-state index in [1.54, 1.807) is 25.1 Å². The minimum Gasteiger partial charge on any atom is -0.355 e. The highest BCUT2D eigenvalue weighted by atomic mass is 35.5. The molecule has 0 spiro atoms. The van der Waals surface area contributed by atoms with Gasteiger partial charge in [-0.2, -0.15) is 0 Å². The van der Waals surface area contributed by atoms with Crippen LogP contribution in [-0.2, 0) is 14.8 Å². The molecule has 1 amide bonds. The maximum Gasteiger partial charge on any atom is 0.264 e. The first-order valence-corrected chi connectivity index (χ1v) is 9.34. The molecule has 1 N–H and O–H groups in total. The van der Waals surface area contributed by atoms with Gasteiger partial charge >= 0.3 is 0 Å². The average molecular weight is 387 g/mol. The minimum atomic E-state index is -3.95. The minimum absolute atomic E-state index is 0.0744. The van der Waals surface area contributed by atoms with Crippen LogP contribution in [0.1, 0.15) is 6.92 Å². The zero-order valence-electron chi connectivity index (χ0n) is 12.9. The van der Waals surface area contributed by atoms with Crippen molar-refractivity contribution in [1.82, 2.24) is 5.32 Å². The smallest absolute Gasteiger partial charge is 0.264 e. The first kappa shape index (κ1) is 18.6. The molecule has 0 aliphatic carbocycles. The van der Waals surface area contributed by atoms with Crippen LogP contribution in [0.3, 0.4) is 0 Å². The molecular weight excluding hydrogens is 371 g/mol. The number of amides is 1. The van der Waals surface area contributed by atoms with E-state index < -0.39 is 15.9 Å². The SMILES string of the molecule is CCNC(=O)CN(c1cc(Cl)cc(Cl)c1)S(=O)(=O)c1ccccc1. The molecule has 128 valence electrons. The summed E-state index contributed by atoms with van der Waals surface area (Å²) in [5.74, 6) is -0.423. The molecule has 0 bridgehead atoms. The number of halogens is 2. The van der Waals surface area contributed by atoms with E-state index in [0.717, 1.165) is 4.31 Å². The van der Waals surface area contributed by atoms with E-state index in [0.29, 0.717) is 6.54 Å². The largest absolute Gasteiger partial charge is 0.355 e. The Morgan fingerprint density at radius 2 is 1.67 bits per heavy atom. The second kappa shape index (κ2) is 7.88. The van der Waals surface area contributed by atoms with Gasteiger partial charge in [0.2, 0.25) is 5.91 Å². The van der Waals surface area contributed by atoms with Gasteiger partial charge in [-0.1, -0.05) is 41.4 Å². The molecule has 8 heteroatoms. The number of benzene rings is 2. The molecule has 2 aromatic rings. The highest BCUT2D eigenvalue weighted by Crippen LogP contribution is 2.29. The van der Waals surface area contributed by atoms with E-state index >= 15 is 0 Å². The van der Waals surface area contributed by atoms with Crippen molar-refractivity contribution in [2.75, 3.05) is 17.4 Å². The van der Waals surface area contributed by atoms with Crippen LogP contribution in [0.15, 0.2) is 53.4 Å². The summed E-state index contributed by atoms with van der Waals surface area (Å²) < 4.78 is 26.9. The van der Waals surface area contributed by atoms with Gasteiger partial charge in [0.05, 0.1) is 10.6 Å². The predicted octanol–water partition coefficient (Wildman–Crippen LogP) is 3.32.